The Labute approximate surface area is 114 Å². The number of hydrogen-bond donors (Lipinski definition) is 2. The second-order valence-corrected chi connectivity index (χ2v) is 4.08. The summed E-state index contributed by atoms with van der Waals surface area (Å²) in [7, 11) is 0. The monoisotopic (exact) mass is 276 g/mol. The topological polar surface area (TPSA) is 97.0 Å². The highest BCUT2D eigenvalue weighted by Crippen LogP contribution is 2.21. The van der Waals surface area contributed by atoms with Gasteiger partial charge in [0, 0.05) is 0 Å². The Kier molecular flexibility index (Phi) is 3.74. The van der Waals surface area contributed by atoms with Gasteiger partial charge in [-0.05, 0) is 25.1 Å². The average Bonchev–Trinajstić information content (AvgIpc) is 2.78. The Balaban J connectivity index is 2.15. The van der Waals surface area contributed by atoms with Crippen LogP contribution in [0.5, 0.6) is 5.75 Å². The maximum atomic E-state index is 11.0. The summed E-state index contributed by atoms with van der Waals surface area (Å²) in [5.74, 6) is -1.38. The fourth-order valence-electron chi connectivity index (χ4n) is 1.75. The van der Waals surface area contributed by atoms with E-state index in [0.717, 1.165) is 0 Å². The summed E-state index contributed by atoms with van der Waals surface area (Å²) >= 11 is 0. The Morgan fingerprint density at radius 2 is 1.80 bits per heavy atom. The van der Waals surface area contributed by atoms with E-state index in [-0.39, 0.29) is 29.2 Å². The van der Waals surface area contributed by atoms with Crippen molar-refractivity contribution in [2.45, 2.75) is 13.5 Å². The third kappa shape index (κ3) is 2.80. The van der Waals surface area contributed by atoms with Crippen molar-refractivity contribution in [2.75, 3.05) is 0 Å². The predicted octanol–water partition coefficient (Wildman–Crippen LogP) is 2.56. The quantitative estimate of drug-likeness (QED) is 0.871. The van der Waals surface area contributed by atoms with Gasteiger partial charge in [0.05, 0.1) is 0 Å². The van der Waals surface area contributed by atoms with Gasteiger partial charge in [-0.3, -0.25) is 0 Å². The number of carboxylic acids is 2. The van der Waals surface area contributed by atoms with Gasteiger partial charge in [0.1, 0.15) is 35.0 Å². The van der Waals surface area contributed by atoms with Crippen molar-refractivity contribution in [3.8, 4) is 5.75 Å². The van der Waals surface area contributed by atoms with Crippen molar-refractivity contribution in [3.05, 3.63) is 53.0 Å². The van der Waals surface area contributed by atoms with Crippen molar-refractivity contribution < 1.29 is 29.0 Å². The fraction of sp³-hybridized carbons (Fsp3) is 0.143. The van der Waals surface area contributed by atoms with Gasteiger partial charge in [-0.25, -0.2) is 9.59 Å². The number of rotatable bonds is 5. The predicted molar refractivity (Wildman–Crippen MR) is 68.1 cm³/mol. The van der Waals surface area contributed by atoms with Crippen LogP contribution in [0.2, 0.25) is 0 Å². The number of aromatic carboxylic acids is 2. The highest BCUT2D eigenvalue weighted by Gasteiger charge is 2.15. The smallest absolute Gasteiger partial charge is 0.339 e. The van der Waals surface area contributed by atoms with Crippen molar-refractivity contribution >= 4 is 11.9 Å². The molecule has 0 unspecified atom stereocenters. The molecule has 20 heavy (non-hydrogen) atoms. The van der Waals surface area contributed by atoms with Gasteiger partial charge in [-0.2, -0.15) is 0 Å². The van der Waals surface area contributed by atoms with E-state index in [4.69, 9.17) is 19.4 Å². The summed E-state index contributed by atoms with van der Waals surface area (Å²) in [6.45, 7) is 1.50. The first kappa shape index (κ1) is 13.7. The summed E-state index contributed by atoms with van der Waals surface area (Å²) in [6, 6.07) is 7.56. The molecule has 0 saturated carbocycles. The maximum Gasteiger partial charge on any atom is 0.339 e. The summed E-state index contributed by atoms with van der Waals surface area (Å²) in [6.07, 6.45) is 0. The zero-order valence-electron chi connectivity index (χ0n) is 10.6. The van der Waals surface area contributed by atoms with E-state index in [0.29, 0.717) is 5.76 Å². The summed E-state index contributed by atoms with van der Waals surface area (Å²) in [5, 5.41) is 17.9. The Morgan fingerprint density at radius 3 is 2.40 bits per heavy atom. The molecule has 0 fully saturated rings. The lowest BCUT2D eigenvalue weighted by molar-refractivity contribution is 0.0681. The molecule has 6 heteroatoms. The molecule has 0 amide bonds. The second-order valence-electron chi connectivity index (χ2n) is 4.08. The molecule has 1 aromatic carbocycles. The molecule has 0 spiro atoms. The molecule has 0 bridgehead atoms. The van der Waals surface area contributed by atoms with Crippen LogP contribution in [0.3, 0.4) is 0 Å². The number of carbonyl (C=O) groups is 2. The van der Waals surface area contributed by atoms with Crippen LogP contribution in [0.25, 0.3) is 0 Å². The van der Waals surface area contributed by atoms with E-state index in [2.05, 4.69) is 0 Å². The van der Waals surface area contributed by atoms with Crippen LogP contribution in [0, 0.1) is 6.92 Å². The van der Waals surface area contributed by atoms with Gasteiger partial charge < -0.3 is 19.4 Å². The summed E-state index contributed by atoms with van der Waals surface area (Å²) in [5.41, 5.74) is 0.101. The molecular formula is C14H12O6. The molecule has 1 heterocycles. The maximum absolute atomic E-state index is 11.0. The minimum atomic E-state index is -1.09. The number of para-hydroxylation sites is 1. The number of benzene rings is 1. The first-order chi connectivity index (χ1) is 9.49. The van der Waals surface area contributed by atoms with Crippen LogP contribution >= 0.6 is 0 Å². The largest absolute Gasteiger partial charge is 0.485 e. The Hall–Kier alpha value is -2.76. The normalized spacial score (nSPS) is 10.2. The highest BCUT2D eigenvalue weighted by atomic mass is 16.5. The van der Waals surface area contributed by atoms with Gasteiger partial charge in [0.25, 0.3) is 0 Å². The van der Waals surface area contributed by atoms with E-state index >= 15 is 0 Å². The van der Waals surface area contributed by atoms with Gasteiger partial charge >= 0.3 is 11.9 Å². The first-order valence-corrected chi connectivity index (χ1v) is 5.76. The number of ether oxygens (including phenoxy) is 1. The molecule has 0 radical (unpaired) electrons. The van der Waals surface area contributed by atoms with Crippen LogP contribution < -0.4 is 4.74 Å². The third-order valence-electron chi connectivity index (χ3n) is 2.69. The Bertz CT molecular complexity index is 655. The molecular weight excluding hydrogens is 264 g/mol. The van der Waals surface area contributed by atoms with E-state index in [1.807, 2.05) is 0 Å². The fourth-order valence-corrected chi connectivity index (χ4v) is 1.75. The molecule has 0 atom stereocenters. The van der Waals surface area contributed by atoms with Crippen molar-refractivity contribution in [1.82, 2.24) is 0 Å². The molecule has 0 aliphatic rings. The molecule has 6 nitrogen and oxygen atoms in total. The van der Waals surface area contributed by atoms with Crippen LogP contribution in [-0.4, -0.2) is 22.2 Å². The Morgan fingerprint density at radius 1 is 1.15 bits per heavy atom. The van der Waals surface area contributed by atoms with Gasteiger partial charge in [-0.15, -0.1) is 0 Å². The van der Waals surface area contributed by atoms with Crippen LogP contribution in [0.4, 0.5) is 0 Å². The molecule has 0 aliphatic carbocycles. The molecule has 1 aromatic heterocycles. The van der Waals surface area contributed by atoms with Crippen LogP contribution in [0.15, 0.2) is 34.7 Å². The zero-order valence-corrected chi connectivity index (χ0v) is 10.6. The number of carboxylic acid groups (broad SMARTS) is 2. The van der Waals surface area contributed by atoms with Crippen molar-refractivity contribution in [1.29, 1.82) is 0 Å². The molecule has 0 saturated heterocycles. The van der Waals surface area contributed by atoms with Crippen molar-refractivity contribution in [3.63, 3.8) is 0 Å². The zero-order chi connectivity index (χ0) is 14.7. The van der Waals surface area contributed by atoms with Gasteiger partial charge in [0.15, 0.2) is 0 Å². The lowest BCUT2D eigenvalue weighted by atomic mass is 10.2. The number of hydrogen-bond acceptors (Lipinski definition) is 4. The second kappa shape index (κ2) is 5.48. The van der Waals surface area contributed by atoms with E-state index in [1.54, 1.807) is 12.1 Å². The molecule has 2 N–H and O–H groups in total. The van der Waals surface area contributed by atoms with Gasteiger partial charge in [0.2, 0.25) is 0 Å². The van der Waals surface area contributed by atoms with Crippen LogP contribution in [-0.2, 0) is 6.61 Å². The SMILES string of the molecule is Cc1oc(COc2ccccc2C(=O)O)cc1C(=O)O. The summed E-state index contributed by atoms with van der Waals surface area (Å²) in [4.78, 5) is 21.9. The first-order valence-electron chi connectivity index (χ1n) is 5.76. The number of furan rings is 1. The minimum absolute atomic E-state index is 0.0363. The van der Waals surface area contributed by atoms with Crippen LogP contribution in [0.1, 0.15) is 32.2 Å². The van der Waals surface area contributed by atoms with Crippen molar-refractivity contribution in [2.24, 2.45) is 0 Å². The minimum Gasteiger partial charge on any atom is -0.485 e. The highest BCUT2D eigenvalue weighted by molar-refractivity contribution is 5.90. The molecule has 0 aliphatic heterocycles. The van der Waals surface area contributed by atoms with Gasteiger partial charge in [-0.1, -0.05) is 12.1 Å². The lowest BCUT2D eigenvalue weighted by Gasteiger charge is -2.06. The van der Waals surface area contributed by atoms with E-state index in [1.165, 1.54) is 25.1 Å². The number of aryl methyl sites for hydroxylation is 1. The molecule has 2 aromatic rings. The van der Waals surface area contributed by atoms with E-state index in [9.17, 15) is 9.59 Å². The standard InChI is InChI=1S/C14H12O6/c1-8-11(14(17)18)6-9(20-8)7-19-12-5-3-2-4-10(12)13(15)16/h2-6H,7H2,1H3,(H,15,16)(H,17,18). The average molecular weight is 276 g/mol. The summed E-state index contributed by atoms with van der Waals surface area (Å²) < 4.78 is 10.6. The van der Waals surface area contributed by atoms with E-state index < -0.39 is 11.9 Å². The molecule has 2 rings (SSSR count). The third-order valence-corrected chi connectivity index (χ3v) is 2.69. The lowest BCUT2D eigenvalue weighted by Crippen LogP contribution is -2.02. The molecule has 104 valence electrons.